The molecule has 0 spiro atoms. The molecule has 4 heterocycles. The third kappa shape index (κ3) is 12.4. The van der Waals surface area contributed by atoms with E-state index in [-0.39, 0.29) is 148 Å². The molecule has 0 N–H and O–H groups in total. The maximum atomic E-state index is 9.55. The highest BCUT2D eigenvalue weighted by Crippen LogP contribution is 2.56. The molecule has 23 aromatic carbocycles. The summed E-state index contributed by atoms with van der Waals surface area (Å²) in [5.41, 5.74) is 16.2. The van der Waals surface area contributed by atoms with Gasteiger partial charge in [-0.15, -0.1) is 0 Å². The van der Waals surface area contributed by atoms with Crippen LogP contribution in [0.5, 0.6) is 0 Å². The van der Waals surface area contributed by atoms with Crippen LogP contribution in [0.15, 0.2) is 490 Å². The van der Waals surface area contributed by atoms with Crippen LogP contribution in [0.1, 0.15) is 32.9 Å². The van der Waals surface area contributed by atoms with Crippen molar-refractivity contribution in [2.24, 2.45) is 0 Å². The van der Waals surface area contributed by atoms with Gasteiger partial charge in [0.05, 0.1) is 32.9 Å². The quantitative estimate of drug-likeness (QED) is 0.128. The molecule has 0 aliphatic heterocycles. The Morgan fingerprint density at radius 1 is 0.131 bits per heavy atom. The number of fused-ring (bicyclic) bond motifs is 18. The van der Waals surface area contributed by atoms with E-state index in [2.05, 4.69) is 0 Å². The van der Waals surface area contributed by atoms with Crippen LogP contribution >= 0.6 is 0 Å². The van der Waals surface area contributed by atoms with Crippen molar-refractivity contribution in [1.82, 2.24) is 0 Å². The van der Waals surface area contributed by atoms with Gasteiger partial charge < -0.3 is 17.7 Å². The Hall–Kier alpha value is -17.2. The average molecular weight is 1680 g/mol. The topological polar surface area (TPSA) is 52.6 Å². The maximum absolute atomic E-state index is 9.55. The van der Waals surface area contributed by atoms with Crippen LogP contribution in [0.25, 0.3) is 264 Å². The zero-order valence-electron chi connectivity index (χ0n) is 92.8. The van der Waals surface area contributed by atoms with Crippen molar-refractivity contribution >= 4 is 152 Å². The third-order valence-electron chi connectivity index (χ3n) is 24.8. The van der Waals surface area contributed by atoms with Crippen molar-refractivity contribution in [1.29, 1.82) is 0 Å². The third-order valence-corrected chi connectivity index (χ3v) is 24.8. The Balaban J connectivity index is 0.000000119. The Labute approximate surface area is 783 Å². The number of benzene rings is 23. The van der Waals surface area contributed by atoms with Crippen LogP contribution in [0, 0.1) is 0 Å². The molecule has 0 saturated heterocycles. The molecule has 0 atom stereocenters. The van der Waals surface area contributed by atoms with Crippen molar-refractivity contribution < 1.29 is 50.6 Å². The maximum Gasteiger partial charge on any atom is 0.136 e. The van der Waals surface area contributed by atoms with Crippen molar-refractivity contribution in [2.75, 3.05) is 0 Å². The van der Waals surface area contributed by atoms with Gasteiger partial charge in [-0.3, -0.25) is 0 Å². The first-order chi connectivity index (χ1) is 74.5. The minimum Gasteiger partial charge on any atom is -0.456 e. The monoisotopic (exact) mass is 1680 g/mol. The molecule has 606 valence electrons. The number of hydrogen-bond acceptors (Lipinski definition) is 4. The van der Waals surface area contributed by atoms with Crippen LogP contribution in [0.4, 0.5) is 0 Å². The molecule has 0 unspecified atom stereocenters. The molecule has 0 amide bonds. The lowest BCUT2D eigenvalue weighted by atomic mass is 9.81. The SMILES string of the molecule is [2H]c1c([2H])c([2H])c2c(-c3c(-c4ccc5c(c4)oc4ccccc45)ccc4oc5ccccc5c34)c3c([2H])c([2H])c([2H])c([2H])c3c(-c3ccccc3)c2c1[2H].[2H]c1c([2H])c([2H])c2c(-c3c(-c4ccccc4)ccc4oc5ccccc5c34)c3c([2H])c([2H])c([2H])c([2H])c3c(-c3ccccc3)c2c1[2H].[2H]c1c([2H])c([2H])c2c(-c3c(-c4ccccc4-c4ccccc4)ccc4oc5ccccc5c34)c3c([2H])c([2H])c([2H])c([2H])c3c(-c3ccccc3)c2c1[2H]. The van der Waals surface area contributed by atoms with Crippen LogP contribution in [0.2, 0.25) is 0 Å². The second kappa shape index (κ2) is 31.5. The second-order valence-electron chi connectivity index (χ2n) is 31.8. The fourth-order valence-electron chi connectivity index (χ4n) is 19.3. The molecule has 0 radical (unpaired) electrons. The zero-order valence-corrected chi connectivity index (χ0v) is 68.8. The highest BCUT2D eigenvalue weighted by atomic mass is 16.3. The molecule has 0 bridgehead atoms. The summed E-state index contributed by atoms with van der Waals surface area (Å²) in [5.74, 6) is 0. The predicted molar refractivity (Wildman–Crippen MR) is 548 cm³/mol. The van der Waals surface area contributed by atoms with Gasteiger partial charge in [0.2, 0.25) is 0 Å². The van der Waals surface area contributed by atoms with E-state index in [1.165, 1.54) is 0 Å². The van der Waals surface area contributed by atoms with E-state index >= 15 is 0 Å². The van der Waals surface area contributed by atoms with Gasteiger partial charge in [0, 0.05) is 59.8 Å². The smallest absolute Gasteiger partial charge is 0.136 e. The number of rotatable bonds is 10. The van der Waals surface area contributed by atoms with Gasteiger partial charge in [-0.1, -0.05) is 412 Å². The molecule has 4 heteroatoms. The van der Waals surface area contributed by atoms with Crippen LogP contribution in [0.3, 0.4) is 0 Å². The van der Waals surface area contributed by atoms with Gasteiger partial charge in [-0.2, -0.15) is 0 Å². The first-order valence-electron chi connectivity index (χ1n) is 54.5. The summed E-state index contributed by atoms with van der Waals surface area (Å²) in [6, 6.07) is 93.2. The molecule has 0 saturated carbocycles. The van der Waals surface area contributed by atoms with Gasteiger partial charge in [0.25, 0.3) is 0 Å². The van der Waals surface area contributed by atoms with Gasteiger partial charge in [0.1, 0.15) is 44.7 Å². The van der Waals surface area contributed by atoms with E-state index < -0.39 is 72.5 Å². The van der Waals surface area contributed by atoms with Crippen LogP contribution in [-0.2, 0) is 0 Å². The summed E-state index contributed by atoms with van der Waals surface area (Å²) < 4.78 is 245. The highest BCUT2D eigenvalue weighted by molar-refractivity contribution is 6.32. The van der Waals surface area contributed by atoms with Gasteiger partial charge >= 0.3 is 0 Å². The van der Waals surface area contributed by atoms with E-state index in [0.29, 0.717) is 122 Å². The Kier molecular flexibility index (Phi) is 13.2. The molecule has 4 aromatic heterocycles. The molecule has 0 aliphatic carbocycles. The number of furan rings is 4. The number of para-hydroxylation sites is 4. The first kappa shape index (κ1) is 54.5. The lowest BCUT2D eigenvalue weighted by Gasteiger charge is -2.21. The standard InChI is InChI=1S/C44H26O2.C44H28O.C38H24O/c1-2-12-27(13-3-1)41-32-15-4-6-17-34(32)42(35-18-7-5-16-33(35)41)44-29(24-25-39-43(44)36-19-9-11-21-38(36)45-39)28-22-23-31-30-14-8-10-20-37(30)46-40(31)26-28;1-3-15-29(16-4-1)31-19-7-8-20-32(31)37-27-28-40-43(38-25-13-14-26-39(38)45-40)44(37)42-35-23-11-9-21-33(35)41(30-17-5-2-6-18-30)34-22-10-12-24-36(34)42;1-3-13-25(14-4-1)27-23-24-34-37(32-21-11-12-22-33(32)39-34)38(27)36-30-19-9-7-17-28(30)35(26-15-5-2-6-16-26)29-18-8-10-20-31(29)36/h1-26H;1-28H;1-24H/i4D,5D,6D,7D,15D,16D,17D,18D;9D,10D,11D,12D,21D,22D,23D,24D;7D,8D,9D,10D,17D,18D,19D,20D. The molecule has 4 nitrogen and oxygen atoms in total. The van der Waals surface area contributed by atoms with E-state index in [1.807, 2.05) is 255 Å². The molecule has 27 rings (SSSR count). The fourth-order valence-corrected chi connectivity index (χ4v) is 19.3. The second-order valence-corrected chi connectivity index (χ2v) is 31.8. The lowest BCUT2D eigenvalue weighted by Crippen LogP contribution is -1.94. The molecular formula is C126H78O4. The summed E-state index contributed by atoms with van der Waals surface area (Å²) in [6.07, 6.45) is 0. The minimum atomic E-state index is -0.456. The Morgan fingerprint density at radius 3 is 0.715 bits per heavy atom. The summed E-state index contributed by atoms with van der Waals surface area (Å²) >= 11 is 0. The van der Waals surface area contributed by atoms with Crippen molar-refractivity contribution in [3.8, 4) is 111 Å². The highest BCUT2D eigenvalue weighted by Gasteiger charge is 2.29. The Morgan fingerprint density at radius 2 is 0.369 bits per heavy atom. The fraction of sp³-hybridized carbons (Fsp3) is 0. The zero-order chi connectivity index (χ0) is 107. The van der Waals surface area contributed by atoms with Crippen molar-refractivity contribution in [2.45, 2.75) is 0 Å². The lowest BCUT2D eigenvalue weighted by molar-refractivity contribution is 0.668. The van der Waals surface area contributed by atoms with Gasteiger partial charge in [-0.25, -0.2) is 0 Å². The summed E-state index contributed by atoms with van der Waals surface area (Å²) in [6.45, 7) is 0. The van der Waals surface area contributed by atoms with Gasteiger partial charge in [-0.05, 0) is 220 Å². The Bertz CT molecular complexity index is 10500. The summed E-state index contributed by atoms with van der Waals surface area (Å²) in [5, 5.41) is 8.08. The van der Waals surface area contributed by atoms with E-state index in [9.17, 15) is 16.4 Å². The average Bonchev–Trinajstić information content (AvgIpc) is 1.13. The van der Waals surface area contributed by atoms with Crippen molar-refractivity contribution in [3.05, 3.63) is 473 Å². The molecule has 27 aromatic rings. The molecular weight excluding hydrogens is 1580 g/mol. The number of hydrogen-bond donors (Lipinski definition) is 0. The van der Waals surface area contributed by atoms with E-state index in [4.69, 9.17) is 34.1 Å². The van der Waals surface area contributed by atoms with Crippen LogP contribution in [-0.4, -0.2) is 0 Å². The molecule has 130 heavy (non-hydrogen) atoms. The van der Waals surface area contributed by atoms with E-state index in [1.54, 1.807) is 72.8 Å². The summed E-state index contributed by atoms with van der Waals surface area (Å²) in [4.78, 5) is 0. The van der Waals surface area contributed by atoms with Crippen LogP contribution < -0.4 is 0 Å². The largest absolute Gasteiger partial charge is 0.456 e. The first-order valence-corrected chi connectivity index (χ1v) is 42.5. The normalized spacial score (nSPS) is 14.3. The van der Waals surface area contributed by atoms with E-state index in [0.717, 1.165) is 65.9 Å². The minimum absolute atomic E-state index is 0.140. The molecule has 0 fully saturated rings. The summed E-state index contributed by atoms with van der Waals surface area (Å²) in [7, 11) is 0. The molecule has 0 aliphatic rings. The predicted octanol–water partition coefficient (Wildman–Crippen LogP) is 36.2. The van der Waals surface area contributed by atoms with Gasteiger partial charge in [0.15, 0.2) is 0 Å². The van der Waals surface area contributed by atoms with Crippen molar-refractivity contribution in [3.63, 3.8) is 0 Å².